The van der Waals surface area contributed by atoms with Crippen LogP contribution in [0.3, 0.4) is 0 Å². The molecule has 0 N–H and O–H groups in total. The molecule has 1 aliphatic heterocycles. The van der Waals surface area contributed by atoms with Crippen molar-refractivity contribution in [3.63, 3.8) is 0 Å². The molecule has 1 saturated heterocycles. The highest BCUT2D eigenvalue weighted by Crippen LogP contribution is 2.49. The molecule has 114 valence electrons. The molecule has 1 aromatic rings. The van der Waals surface area contributed by atoms with E-state index in [4.69, 9.17) is 22.3 Å². The first kappa shape index (κ1) is 15.1. The van der Waals surface area contributed by atoms with Gasteiger partial charge in [-0.2, -0.15) is 0 Å². The van der Waals surface area contributed by atoms with Crippen molar-refractivity contribution >= 4 is 37.2 Å². The number of likely N-dealkylation sites (tertiary alicyclic amines) is 1. The number of carbonyl (C=O) groups excluding carboxylic acids is 1. The summed E-state index contributed by atoms with van der Waals surface area (Å²) < 4.78 is 22.8. The van der Waals surface area contributed by atoms with Crippen LogP contribution in [0.1, 0.15) is 24.8 Å². The fraction of sp³-hybridized carbons (Fsp3) is 0.500. The molecule has 4 nitrogen and oxygen atoms in total. The molecule has 1 unspecified atom stereocenters. The average molecular weight is 348 g/mol. The first-order valence-corrected chi connectivity index (χ1v) is 9.53. The van der Waals surface area contributed by atoms with Crippen molar-refractivity contribution in [2.24, 2.45) is 0 Å². The first-order valence-electron chi connectivity index (χ1n) is 6.77. The molecule has 21 heavy (non-hydrogen) atoms. The van der Waals surface area contributed by atoms with E-state index >= 15 is 0 Å². The van der Waals surface area contributed by atoms with Gasteiger partial charge in [-0.3, -0.25) is 4.79 Å². The van der Waals surface area contributed by atoms with Crippen LogP contribution < -0.4 is 0 Å². The summed E-state index contributed by atoms with van der Waals surface area (Å²) in [5.41, 5.74) is 1.10. The fourth-order valence-corrected chi connectivity index (χ4v) is 4.12. The van der Waals surface area contributed by atoms with Crippen LogP contribution in [-0.4, -0.2) is 37.6 Å². The maximum Gasteiger partial charge on any atom is 0.237 e. The van der Waals surface area contributed by atoms with Gasteiger partial charge >= 0.3 is 0 Å². The highest BCUT2D eigenvalue weighted by atomic mass is 35.7. The van der Waals surface area contributed by atoms with Crippen molar-refractivity contribution in [2.45, 2.75) is 29.9 Å². The normalized spacial score (nSPS) is 24.4. The molecule has 0 radical (unpaired) electrons. The summed E-state index contributed by atoms with van der Waals surface area (Å²) in [6.07, 6.45) is 1.98. The highest BCUT2D eigenvalue weighted by molar-refractivity contribution is 8.14. The summed E-state index contributed by atoms with van der Waals surface area (Å²) in [6.45, 7) is 0.746. The van der Waals surface area contributed by atoms with Crippen molar-refractivity contribution < 1.29 is 13.2 Å². The quantitative estimate of drug-likeness (QED) is 0.786. The van der Waals surface area contributed by atoms with Crippen LogP contribution in [0.15, 0.2) is 24.3 Å². The van der Waals surface area contributed by atoms with Crippen molar-refractivity contribution in [3.8, 4) is 0 Å². The fourth-order valence-electron chi connectivity index (χ4n) is 2.94. The second-order valence-corrected chi connectivity index (χ2v) is 9.21. The maximum absolute atomic E-state index is 12.0. The van der Waals surface area contributed by atoms with Crippen LogP contribution in [0.5, 0.6) is 0 Å². The number of amides is 1. The summed E-state index contributed by atoms with van der Waals surface area (Å²) in [7, 11) is 1.69. The number of carbonyl (C=O) groups is 1. The average Bonchev–Trinajstić information content (AvgIpc) is 3.08. The largest absolute Gasteiger partial charge is 0.340 e. The van der Waals surface area contributed by atoms with E-state index in [9.17, 15) is 13.2 Å². The number of halogens is 2. The molecule has 0 bridgehead atoms. The SMILES string of the molecule is O=C1CC(S(=O)(=O)Cl)CN1CC1(c2ccc(Cl)cc2)CC1. The lowest BCUT2D eigenvalue weighted by molar-refractivity contribution is -0.128. The zero-order chi connectivity index (χ0) is 15.3. The number of hydrogen-bond acceptors (Lipinski definition) is 3. The Morgan fingerprint density at radius 3 is 2.33 bits per heavy atom. The van der Waals surface area contributed by atoms with Crippen LogP contribution in [-0.2, 0) is 19.3 Å². The molecule has 3 rings (SSSR count). The molecule has 1 aliphatic carbocycles. The Morgan fingerprint density at radius 2 is 1.86 bits per heavy atom. The van der Waals surface area contributed by atoms with Crippen molar-refractivity contribution in [1.29, 1.82) is 0 Å². The molecule has 1 saturated carbocycles. The van der Waals surface area contributed by atoms with Gasteiger partial charge in [0.25, 0.3) is 0 Å². The molecule has 1 heterocycles. The van der Waals surface area contributed by atoms with E-state index in [0.29, 0.717) is 11.6 Å². The predicted molar refractivity (Wildman–Crippen MR) is 82.1 cm³/mol. The third kappa shape index (κ3) is 3.05. The molecule has 7 heteroatoms. The minimum Gasteiger partial charge on any atom is -0.340 e. The standard InChI is InChI=1S/C14H15Cl2NO3S/c15-11-3-1-10(2-4-11)14(5-6-14)9-17-8-12(7-13(17)18)21(16,19)20/h1-4,12H,5-9H2. The summed E-state index contributed by atoms with van der Waals surface area (Å²) in [5.74, 6) is -0.135. The van der Waals surface area contributed by atoms with Crippen LogP contribution in [0.2, 0.25) is 5.02 Å². The van der Waals surface area contributed by atoms with Crippen molar-refractivity contribution in [2.75, 3.05) is 13.1 Å². The smallest absolute Gasteiger partial charge is 0.237 e. The van der Waals surface area contributed by atoms with E-state index in [2.05, 4.69) is 0 Å². The molecule has 1 aromatic carbocycles. The van der Waals surface area contributed by atoms with E-state index in [0.717, 1.165) is 18.4 Å². The van der Waals surface area contributed by atoms with E-state index < -0.39 is 14.3 Å². The predicted octanol–water partition coefficient (Wildman–Crippen LogP) is 2.54. The van der Waals surface area contributed by atoms with Gasteiger partial charge in [0.1, 0.15) is 5.25 Å². The second kappa shape index (κ2) is 5.14. The van der Waals surface area contributed by atoms with Crippen LogP contribution in [0, 0.1) is 0 Å². The zero-order valence-electron chi connectivity index (χ0n) is 11.3. The minimum absolute atomic E-state index is 0.0114. The molecule has 1 amide bonds. The Labute approximate surface area is 133 Å². The molecular formula is C14H15Cl2NO3S. The maximum atomic E-state index is 12.0. The Kier molecular flexibility index (Phi) is 3.71. The Hall–Kier alpha value is -0.780. The lowest BCUT2D eigenvalue weighted by Crippen LogP contribution is -2.34. The van der Waals surface area contributed by atoms with Gasteiger partial charge in [-0.05, 0) is 30.5 Å². The molecule has 2 fully saturated rings. The van der Waals surface area contributed by atoms with E-state index in [1.165, 1.54) is 0 Å². The number of hydrogen-bond donors (Lipinski definition) is 0. The lowest BCUT2D eigenvalue weighted by atomic mass is 9.95. The third-order valence-electron chi connectivity index (χ3n) is 4.38. The Morgan fingerprint density at radius 1 is 1.24 bits per heavy atom. The van der Waals surface area contributed by atoms with Gasteiger partial charge in [0.15, 0.2) is 0 Å². The van der Waals surface area contributed by atoms with Gasteiger partial charge in [-0.25, -0.2) is 8.42 Å². The van der Waals surface area contributed by atoms with Gasteiger partial charge in [0.05, 0.1) is 0 Å². The Bertz CT molecular complexity index is 668. The first-order chi connectivity index (χ1) is 9.80. The van der Waals surface area contributed by atoms with Gasteiger partial charge in [-0.1, -0.05) is 23.7 Å². The molecule has 2 aliphatic rings. The molecular weight excluding hydrogens is 333 g/mol. The van der Waals surface area contributed by atoms with Gasteiger partial charge in [-0.15, -0.1) is 0 Å². The number of rotatable bonds is 4. The second-order valence-electron chi connectivity index (χ2n) is 5.86. The van der Waals surface area contributed by atoms with Crippen LogP contribution in [0.25, 0.3) is 0 Å². The monoisotopic (exact) mass is 347 g/mol. The number of nitrogens with zero attached hydrogens (tertiary/aromatic N) is 1. The topological polar surface area (TPSA) is 54.5 Å². The van der Waals surface area contributed by atoms with Crippen molar-refractivity contribution in [3.05, 3.63) is 34.9 Å². The van der Waals surface area contributed by atoms with Crippen LogP contribution >= 0.6 is 22.3 Å². The third-order valence-corrected chi connectivity index (χ3v) is 6.50. The minimum atomic E-state index is -3.68. The van der Waals surface area contributed by atoms with Crippen LogP contribution in [0.4, 0.5) is 0 Å². The van der Waals surface area contributed by atoms with Gasteiger partial charge in [0.2, 0.25) is 15.0 Å². The van der Waals surface area contributed by atoms with Gasteiger partial charge < -0.3 is 4.90 Å². The van der Waals surface area contributed by atoms with E-state index in [-0.39, 0.29) is 24.3 Å². The van der Waals surface area contributed by atoms with Crippen molar-refractivity contribution in [1.82, 2.24) is 4.90 Å². The Balaban J connectivity index is 1.75. The molecule has 0 spiro atoms. The van der Waals surface area contributed by atoms with Gasteiger partial charge in [0, 0.05) is 40.6 Å². The lowest BCUT2D eigenvalue weighted by Gasteiger charge is -2.24. The summed E-state index contributed by atoms with van der Waals surface area (Å²) in [6, 6.07) is 7.64. The van der Waals surface area contributed by atoms with E-state index in [1.807, 2.05) is 24.3 Å². The molecule has 0 aromatic heterocycles. The summed E-state index contributed by atoms with van der Waals surface area (Å²) in [5, 5.41) is -0.104. The molecule has 1 atom stereocenters. The number of benzene rings is 1. The summed E-state index contributed by atoms with van der Waals surface area (Å²) in [4.78, 5) is 13.6. The summed E-state index contributed by atoms with van der Waals surface area (Å²) >= 11 is 5.90. The highest BCUT2D eigenvalue weighted by Gasteiger charge is 2.48. The van der Waals surface area contributed by atoms with E-state index in [1.54, 1.807) is 4.90 Å². The zero-order valence-corrected chi connectivity index (χ0v) is 13.6.